The molecule has 27 heavy (non-hydrogen) atoms. The lowest BCUT2D eigenvalue weighted by atomic mass is 10.1. The number of ether oxygens (including phenoxy) is 2. The third-order valence-electron chi connectivity index (χ3n) is 3.89. The van der Waals surface area contributed by atoms with Gasteiger partial charge in [0.15, 0.2) is 0 Å². The van der Waals surface area contributed by atoms with Gasteiger partial charge in [-0.25, -0.2) is 4.79 Å². The maximum atomic E-state index is 12.0. The summed E-state index contributed by atoms with van der Waals surface area (Å²) in [6.45, 7) is 0.922. The van der Waals surface area contributed by atoms with Crippen LogP contribution in [0.1, 0.15) is 21.6 Å². The van der Waals surface area contributed by atoms with E-state index in [1.54, 1.807) is 18.3 Å². The molecule has 5 nitrogen and oxygen atoms in total. The van der Waals surface area contributed by atoms with Crippen molar-refractivity contribution in [3.05, 3.63) is 88.2 Å². The zero-order chi connectivity index (χ0) is 19.1. The Hall–Kier alpha value is -2.86. The van der Waals surface area contributed by atoms with Crippen LogP contribution in [-0.2, 0) is 17.9 Å². The number of hydrogen-bond acceptors (Lipinski definition) is 5. The number of pyridine rings is 1. The maximum absolute atomic E-state index is 12.0. The van der Waals surface area contributed by atoms with Crippen molar-refractivity contribution in [2.24, 2.45) is 0 Å². The molecular weight excluding hydrogens is 408 g/mol. The van der Waals surface area contributed by atoms with Crippen molar-refractivity contribution in [1.82, 2.24) is 4.98 Å². The zero-order valence-corrected chi connectivity index (χ0v) is 16.4. The molecule has 0 saturated carbocycles. The number of methoxy groups -OCH3 is 1. The van der Waals surface area contributed by atoms with Gasteiger partial charge in [0.05, 0.1) is 19.3 Å². The number of aromatic nitrogens is 1. The molecule has 6 heteroatoms. The third kappa shape index (κ3) is 5.31. The summed E-state index contributed by atoms with van der Waals surface area (Å²) in [5, 5.41) is 3.29. The minimum atomic E-state index is -0.431. The lowest BCUT2D eigenvalue weighted by Gasteiger charge is -2.13. The molecule has 0 unspecified atom stereocenters. The van der Waals surface area contributed by atoms with Crippen molar-refractivity contribution >= 4 is 27.6 Å². The number of esters is 1. The summed E-state index contributed by atoms with van der Waals surface area (Å²) in [6.07, 6.45) is 1.76. The smallest absolute Gasteiger partial charge is 0.341 e. The van der Waals surface area contributed by atoms with Gasteiger partial charge in [-0.2, -0.15) is 0 Å². The second-order valence-electron chi connectivity index (χ2n) is 5.80. The van der Waals surface area contributed by atoms with Crippen LogP contribution in [0.3, 0.4) is 0 Å². The summed E-state index contributed by atoms with van der Waals surface area (Å²) in [4.78, 5) is 16.4. The predicted molar refractivity (Wildman–Crippen MR) is 108 cm³/mol. The molecule has 0 radical (unpaired) electrons. The molecule has 1 N–H and O–H groups in total. The maximum Gasteiger partial charge on any atom is 0.341 e. The van der Waals surface area contributed by atoms with Gasteiger partial charge in [0, 0.05) is 22.4 Å². The lowest BCUT2D eigenvalue weighted by Crippen LogP contribution is -2.07. The standard InChI is InChI=1S/C21H19BrN2O3/c1-26-21(25)19-10-9-17(24-13-18-8-7-16(22)12-23-18)11-20(19)27-14-15-5-3-2-4-6-15/h2-12,24H,13-14H2,1H3. The van der Waals surface area contributed by atoms with Gasteiger partial charge < -0.3 is 14.8 Å². The monoisotopic (exact) mass is 426 g/mol. The van der Waals surface area contributed by atoms with E-state index in [2.05, 4.69) is 26.2 Å². The van der Waals surface area contributed by atoms with Crippen molar-refractivity contribution in [1.29, 1.82) is 0 Å². The van der Waals surface area contributed by atoms with Gasteiger partial charge in [0.25, 0.3) is 0 Å². The normalized spacial score (nSPS) is 10.3. The number of benzene rings is 2. The van der Waals surface area contributed by atoms with Crippen LogP contribution in [0.15, 0.2) is 71.3 Å². The summed E-state index contributed by atoms with van der Waals surface area (Å²) in [5.74, 6) is 0.0404. The summed E-state index contributed by atoms with van der Waals surface area (Å²) >= 11 is 3.37. The van der Waals surface area contributed by atoms with E-state index < -0.39 is 5.97 Å². The first kappa shape index (κ1) is 18.9. The molecule has 0 saturated heterocycles. The highest BCUT2D eigenvalue weighted by Gasteiger charge is 2.14. The summed E-state index contributed by atoms with van der Waals surface area (Å²) in [7, 11) is 1.36. The first-order valence-corrected chi connectivity index (χ1v) is 9.18. The average molecular weight is 427 g/mol. The van der Waals surface area contributed by atoms with Gasteiger partial charge in [-0.05, 0) is 45.8 Å². The van der Waals surface area contributed by atoms with Crippen molar-refractivity contribution in [3.8, 4) is 5.75 Å². The zero-order valence-electron chi connectivity index (χ0n) is 14.8. The number of halogens is 1. The summed E-state index contributed by atoms with van der Waals surface area (Å²) in [6, 6.07) is 19.0. The number of hydrogen-bond donors (Lipinski definition) is 1. The van der Waals surface area contributed by atoms with E-state index in [4.69, 9.17) is 9.47 Å². The fourth-order valence-corrected chi connectivity index (χ4v) is 2.70. The average Bonchev–Trinajstić information content (AvgIpc) is 2.72. The van der Waals surface area contributed by atoms with E-state index in [9.17, 15) is 4.79 Å². The van der Waals surface area contributed by atoms with E-state index in [0.717, 1.165) is 21.4 Å². The Kier molecular flexibility index (Phi) is 6.44. The van der Waals surface area contributed by atoms with Crippen molar-refractivity contribution < 1.29 is 14.3 Å². The van der Waals surface area contributed by atoms with Crippen molar-refractivity contribution in [2.75, 3.05) is 12.4 Å². The van der Waals surface area contributed by atoms with Crippen LogP contribution in [0.4, 0.5) is 5.69 Å². The Morgan fingerprint density at radius 2 is 1.93 bits per heavy atom. The van der Waals surface area contributed by atoms with Crippen molar-refractivity contribution in [2.45, 2.75) is 13.2 Å². The number of nitrogens with one attached hydrogen (secondary N) is 1. The summed E-state index contributed by atoms with van der Waals surface area (Å²) in [5.41, 5.74) is 3.14. The molecule has 3 rings (SSSR count). The molecular formula is C21H19BrN2O3. The molecule has 0 amide bonds. The molecule has 2 aromatic carbocycles. The second kappa shape index (κ2) is 9.19. The fraction of sp³-hybridized carbons (Fsp3) is 0.143. The number of carbonyl (C=O) groups is 1. The largest absolute Gasteiger partial charge is 0.488 e. The molecule has 0 spiro atoms. The predicted octanol–water partition coefficient (Wildman–Crippen LogP) is 4.82. The van der Waals surface area contributed by atoms with E-state index in [1.165, 1.54) is 7.11 Å². The Labute approximate surface area is 166 Å². The lowest BCUT2D eigenvalue weighted by molar-refractivity contribution is 0.0595. The Bertz CT molecular complexity index is 899. The number of carbonyl (C=O) groups excluding carboxylic acids is 1. The minimum Gasteiger partial charge on any atom is -0.488 e. The van der Waals surface area contributed by atoms with Crippen molar-refractivity contribution in [3.63, 3.8) is 0 Å². The van der Waals surface area contributed by atoms with E-state index in [1.807, 2.05) is 48.5 Å². The van der Waals surface area contributed by atoms with Gasteiger partial charge >= 0.3 is 5.97 Å². The first-order valence-electron chi connectivity index (χ1n) is 8.39. The molecule has 0 fully saturated rings. The molecule has 1 heterocycles. The Morgan fingerprint density at radius 3 is 2.63 bits per heavy atom. The van der Waals surface area contributed by atoms with Gasteiger partial charge in [-0.1, -0.05) is 30.3 Å². The van der Waals surface area contributed by atoms with Crippen LogP contribution < -0.4 is 10.1 Å². The van der Waals surface area contributed by atoms with Gasteiger partial charge in [0.2, 0.25) is 0 Å². The van der Waals surface area contributed by atoms with Crippen LogP contribution in [0, 0.1) is 0 Å². The molecule has 0 atom stereocenters. The first-order chi connectivity index (χ1) is 13.2. The molecule has 0 aliphatic rings. The molecule has 0 aliphatic heterocycles. The van der Waals surface area contributed by atoms with E-state index in [-0.39, 0.29) is 0 Å². The van der Waals surface area contributed by atoms with Gasteiger partial charge in [-0.3, -0.25) is 4.98 Å². The Morgan fingerprint density at radius 1 is 1.11 bits per heavy atom. The summed E-state index contributed by atoms with van der Waals surface area (Å²) < 4.78 is 11.7. The molecule has 1 aromatic heterocycles. The Balaban J connectivity index is 1.75. The van der Waals surface area contributed by atoms with E-state index in [0.29, 0.717) is 24.5 Å². The van der Waals surface area contributed by atoms with Gasteiger partial charge in [0.1, 0.15) is 17.9 Å². The number of nitrogens with zero attached hydrogens (tertiary/aromatic N) is 1. The topological polar surface area (TPSA) is 60.5 Å². The second-order valence-corrected chi connectivity index (χ2v) is 6.71. The fourth-order valence-electron chi connectivity index (χ4n) is 2.47. The van der Waals surface area contributed by atoms with Crippen LogP contribution >= 0.6 is 15.9 Å². The SMILES string of the molecule is COC(=O)c1ccc(NCc2ccc(Br)cn2)cc1OCc1ccccc1. The van der Waals surface area contributed by atoms with E-state index >= 15 is 0 Å². The number of rotatable bonds is 7. The quantitative estimate of drug-likeness (QED) is 0.548. The molecule has 3 aromatic rings. The van der Waals surface area contributed by atoms with Gasteiger partial charge in [-0.15, -0.1) is 0 Å². The van der Waals surface area contributed by atoms with Crippen LogP contribution in [-0.4, -0.2) is 18.1 Å². The highest BCUT2D eigenvalue weighted by molar-refractivity contribution is 9.10. The minimum absolute atomic E-state index is 0.364. The molecule has 0 bridgehead atoms. The van der Waals surface area contributed by atoms with Crippen LogP contribution in [0.5, 0.6) is 5.75 Å². The number of anilines is 1. The van der Waals surface area contributed by atoms with Crippen LogP contribution in [0.25, 0.3) is 0 Å². The molecule has 138 valence electrons. The van der Waals surface area contributed by atoms with Crippen LogP contribution in [0.2, 0.25) is 0 Å². The highest BCUT2D eigenvalue weighted by atomic mass is 79.9. The highest BCUT2D eigenvalue weighted by Crippen LogP contribution is 2.25. The molecule has 0 aliphatic carbocycles. The third-order valence-corrected chi connectivity index (χ3v) is 4.36.